The van der Waals surface area contributed by atoms with Crippen LogP contribution in [0.3, 0.4) is 0 Å². The van der Waals surface area contributed by atoms with Crippen LogP contribution in [-0.2, 0) is 6.54 Å². The Hall–Kier alpha value is -2.29. The van der Waals surface area contributed by atoms with Crippen molar-refractivity contribution < 1.29 is 0 Å². The Morgan fingerprint density at radius 3 is 2.77 bits per heavy atom. The monoisotopic (exact) mass is 383 g/mol. The van der Waals surface area contributed by atoms with E-state index in [0.717, 1.165) is 54.0 Å². The lowest BCUT2D eigenvalue weighted by Crippen LogP contribution is -2.46. The van der Waals surface area contributed by atoms with Crippen molar-refractivity contribution in [1.29, 1.82) is 0 Å². The third kappa shape index (κ3) is 2.90. The summed E-state index contributed by atoms with van der Waals surface area (Å²) in [6.45, 7) is 4.50. The van der Waals surface area contributed by atoms with Crippen molar-refractivity contribution >= 4 is 43.0 Å². The average molecular weight is 384 g/mol. The molecule has 0 aliphatic carbocycles. The largest absolute Gasteiger partial charge is 0.345 e. The molecule has 0 spiro atoms. The Morgan fingerprint density at radius 2 is 1.92 bits per heavy atom. The number of anilines is 1. The molecule has 1 aliphatic heterocycles. The van der Waals surface area contributed by atoms with E-state index in [4.69, 9.17) is 4.98 Å². The third-order valence-electron chi connectivity index (χ3n) is 4.67. The van der Waals surface area contributed by atoms with Crippen molar-refractivity contribution in [3.63, 3.8) is 0 Å². The fourth-order valence-corrected chi connectivity index (χ4v) is 5.05. The van der Waals surface area contributed by atoms with Crippen LogP contribution < -0.4 is 10.5 Å². The van der Waals surface area contributed by atoms with Gasteiger partial charge in [0.2, 0.25) is 0 Å². The molecular weight excluding hydrogens is 366 g/mol. The van der Waals surface area contributed by atoms with E-state index in [-0.39, 0.29) is 5.56 Å². The molecule has 0 bridgehead atoms. The number of hydrogen-bond donors (Lipinski definition) is 0. The molecular formula is C18H17N5OS2. The predicted octanol–water partition coefficient (Wildman–Crippen LogP) is 2.69. The zero-order chi connectivity index (χ0) is 17.5. The summed E-state index contributed by atoms with van der Waals surface area (Å²) in [5, 5.41) is 2.99. The van der Waals surface area contributed by atoms with Gasteiger partial charge in [0.1, 0.15) is 0 Å². The SMILES string of the molecule is O=c1cc(CN2CCN(c3nc4ccccc4s3)CC2)nc2sccn12. The highest BCUT2D eigenvalue weighted by Gasteiger charge is 2.20. The lowest BCUT2D eigenvalue weighted by molar-refractivity contribution is 0.247. The molecule has 1 fully saturated rings. The van der Waals surface area contributed by atoms with Gasteiger partial charge in [-0.3, -0.25) is 14.1 Å². The molecule has 4 aromatic rings. The van der Waals surface area contributed by atoms with Gasteiger partial charge in [-0.15, -0.1) is 11.3 Å². The van der Waals surface area contributed by atoms with Crippen LogP contribution in [0.4, 0.5) is 5.13 Å². The van der Waals surface area contributed by atoms with E-state index >= 15 is 0 Å². The molecule has 1 saturated heterocycles. The molecule has 1 aromatic carbocycles. The van der Waals surface area contributed by atoms with Gasteiger partial charge in [0, 0.05) is 50.4 Å². The van der Waals surface area contributed by atoms with Gasteiger partial charge in [0.15, 0.2) is 10.1 Å². The number of aromatic nitrogens is 3. The van der Waals surface area contributed by atoms with Gasteiger partial charge in [-0.25, -0.2) is 9.97 Å². The van der Waals surface area contributed by atoms with Crippen LogP contribution in [-0.4, -0.2) is 45.4 Å². The summed E-state index contributed by atoms with van der Waals surface area (Å²) in [5.41, 5.74) is 1.93. The van der Waals surface area contributed by atoms with Crippen molar-refractivity contribution in [3.05, 3.63) is 58.0 Å². The summed E-state index contributed by atoms with van der Waals surface area (Å²) in [5.74, 6) is 0. The number of nitrogens with zero attached hydrogens (tertiary/aromatic N) is 5. The number of thiazole rings is 2. The highest BCUT2D eigenvalue weighted by molar-refractivity contribution is 7.22. The van der Waals surface area contributed by atoms with Crippen LogP contribution in [0.5, 0.6) is 0 Å². The Labute approximate surface area is 158 Å². The van der Waals surface area contributed by atoms with Crippen LogP contribution >= 0.6 is 22.7 Å². The van der Waals surface area contributed by atoms with Crippen LogP contribution in [0.15, 0.2) is 46.7 Å². The number of rotatable bonds is 3. The number of fused-ring (bicyclic) bond motifs is 2. The summed E-state index contributed by atoms with van der Waals surface area (Å²) in [4.78, 5) is 27.0. The Morgan fingerprint density at radius 1 is 1.08 bits per heavy atom. The number of benzene rings is 1. The maximum absolute atomic E-state index is 12.1. The first kappa shape index (κ1) is 15.9. The molecule has 3 aromatic heterocycles. The van der Waals surface area contributed by atoms with Crippen molar-refractivity contribution in [2.75, 3.05) is 31.1 Å². The van der Waals surface area contributed by atoms with Gasteiger partial charge in [-0.2, -0.15) is 0 Å². The van der Waals surface area contributed by atoms with E-state index in [0.29, 0.717) is 0 Å². The number of para-hydroxylation sites is 1. The minimum Gasteiger partial charge on any atom is -0.345 e. The lowest BCUT2D eigenvalue weighted by atomic mass is 10.3. The van der Waals surface area contributed by atoms with Gasteiger partial charge < -0.3 is 4.90 Å². The summed E-state index contributed by atoms with van der Waals surface area (Å²) >= 11 is 3.25. The zero-order valence-electron chi connectivity index (χ0n) is 14.0. The first-order valence-corrected chi connectivity index (χ1v) is 10.2. The van der Waals surface area contributed by atoms with Crippen molar-refractivity contribution in [2.45, 2.75) is 6.54 Å². The minimum atomic E-state index is -0.000591. The van der Waals surface area contributed by atoms with E-state index in [1.165, 1.54) is 16.0 Å². The van der Waals surface area contributed by atoms with Crippen molar-refractivity contribution in [1.82, 2.24) is 19.3 Å². The third-order valence-corrected chi connectivity index (χ3v) is 6.52. The van der Waals surface area contributed by atoms with Crippen molar-refractivity contribution in [2.24, 2.45) is 0 Å². The van der Waals surface area contributed by atoms with Crippen molar-refractivity contribution in [3.8, 4) is 0 Å². The molecule has 0 unspecified atom stereocenters. The fourth-order valence-electron chi connectivity index (χ4n) is 3.29. The van der Waals surface area contributed by atoms with Crippen LogP contribution in [0.25, 0.3) is 15.2 Å². The molecule has 0 atom stereocenters. The Kier molecular flexibility index (Phi) is 3.96. The Balaban J connectivity index is 1.28. The van der Waals surface area contributed by atoms with Crippen LogP contribution in [0.2, 0.25) is 0 Å². The summed E-state index contributed by atoms with van der Waals surface area (Å²) in [6.07, 6.45) is 1.77. The van der Waals surface area contributed by atoms with E-state index in [2.05, 4.69) is 33.0 Å². The standard InChI is InChI=1S/C18H17N5OS2/c24-16-11-13(19-18-23(16)9-10-25-18)12-21-5-7-22(8-6-21)17-20-14-3-1-2-4-15(14)26-17/h1-4,9-11H,5-8,12H2. The molecule has 0 N–H and O–H groups in total. The van der Waals surface area contributed by atoms with Gasteiger partial charge in [-0.05, 0) is 12.1 Å². The molecule has 0 amide bonds. The summed E-state index contributed by atoms with van der Waals surface area (Å²) < 4.78 is 2.83. The first-order valence-electron chi connectivity index (χ1n) is 8.55. The topological polar surface area (TPSA) is 53.7 Å². The van der Waals surface area contributed by atoms with Crippen LogP contribution in [0.1, 0.15) is 5.69 Å². The van der Waals surface area contributed by atoms with E-state index < -0.39 is 0 Å². The molecule has 0 radical (unpaired) electrons. The molecule has 8 heteroatoms. The normalized spacial score (nSPS) is 15.9. The van der Waals surface area contributed by atoms with Gasteiger partial charge in [0.05, 0.1) is 15.9 Å². The lowest BCUT2D eigenvalue weighted by Gasteiger charge is -2.34. The number of hydrogen-bond acceptors (Lipinski definition) is 7. The molecule has 6 nitrogen and oxygen atoms in total. The second-order valence-corrected chi connectivity index (χ2v) is 8.25. The average Bonchev–Trinajstić information content (AvgIpc) is 3.29. The van der Waals surface area contributed by atoms with E-state index in [1.807, 2.05) is 11.4 Å². The second-order valence-electron chi connectivity index (χ2n) is 6.37. The molecule has 0 saturated carbocycles. The first-order chi connectivity index (χ1) is 12.8. The van der Waals surface area contributed by atoms with E-state index in [1.54, 1.807) is 28.0 Å². The smallest absolute Gasteiger partial charge is 0.258 e. The zero-order valence-corrected chi connectivity index (χ0v) is 15.7. The molecule has 132 valence electrons. The fraction of sp³-hybridized carbons (Fsp3) is 0.278. The van der Waals surface area contributed by atoms with E-state index in [9.17, 15) is 4.79 Å². The minimum absolute atomic E-state index is 0.000591. The maximum atomic E-state index is 12.1. The second kappa shape index (κ2) is 6.46. The molecule has 5 rings (SSSR count). The summed E-state index contributed by atoms with van der Waals surface area (Å²) in [7, 11) is 0. The van der Waals surface area contributed by atoms with Crippen LogP contribution in [0, 0.1) is 0 Å². The highest BCUT2D eigenvalue weighted by atomic mass is 32.1. The quantitative estimate of drug-likeness (QED) is 0.544. The van der Waals surface area contributed by atoms with Gasteiger partial charge in [-0.1, -0.05) is 23.5 Å². The molecule has 4 heterocycles. The molecule has 1 aliphatic rings. The summed E-state index contributed by atoms with van der Waals surface area (Å²) in [6, 6.07) is 9.93. The maximum Gasteiger partial charge on any atom is 0.258 e. The molecule has 26 heavy (non-hydrogen) atoms. The van der Waals surface area contributed by atoms with Gasteiger partial charge in [0.25, 0.3) is 5.56 Å². The predicted molar refractivity (Wildman–Crippen MR) is 106 cm³/mol. The highest BCUT2D eigenvalue weighted by Crippen LogP contribution is 2.29. The Bertz CT molecular complexity index is 1090. The van der Waals surface area contributed by atoms with Gasteiger partial charge >= 0.3 is 0 Å². The number of piperazine rings is 1.